The second kappa shape index (κ2) is 4.46. The maximum absolute atomic E-state index is 13.5. The molecule has 2 rings (SSSR count). The van der Waals surface area contributed by atoms with Crippen molar-refractivity contribution in [2.75, 3.05) is 10.5 Å². The molecule has 10 heteroatoms. The number of benzene rings is 1. The topological polar surface area (TPSA) is 103 Å². The van der Waals surface area contributed by atoms with E-state index in [9.17, 15) is 17.2 Å². The van der Waals surface area contributed by atoms with E-state index in [1.165, 1.54) is 7.05 Å². The Labute approximate surface area is 107 Å². The summed E-state index contributed by atoms with van der Waals surface area (Å²) in [7, 11) is -2.83. The van der Waals surface area contributed by atoms with Gasteiger partial charge in [0.2, 0.25) is 5.95 Å². The molecular weight excluding hydrogens is 280 g/mol. The summed E-state index contributed by atoms with van der Waals surface area (Å²) < 4.78 is 53.5. The molecule has 0 unspecified atom stereocenters. The fraction of sp³-hybridized carbons (Fsp3) is 0.111. The van der Waals surface area contributed by atoms with Crippen molar-refractivity contribution >= 4 is 21.7 Å². The molecule has 0 atom stereocenters. The first-order chi connectivity index (χ1) is 8.81. The fourth-order valence-electron chi connectivity index (χ4n) is 1.31. The van der Waals surface area contributed by atoms with Crippen LogP contribution in [-0.4, -0.2) is 23.2 Å². The summed E-state index contributed by atoms with van der Waals surface area (Å²) in [6.07, 6.45) is 1.12. The Bertz CT molecular complexity index is 728. The number of nitrogen functional groups attached to an aromatic ring is 1. The fourth-order valence-corrected chi connectivity index (χ4v) is 2.45. The van der Waals surface area contributed by atoms with E-state index in [0.717, 1.165) is 11.0 Å². The molecule has 0 spiro atoms. The lowest BCUT2D eigenvalue weighted by atomic mass is 10.3. The number of aryl methyl sites for hydroxylation is 1. The highest BCUT2D eigenvalue weighted by atomic mass is 32.2. The van der Waals surface area contributed by atoms with Gasteiger partial charge in [-0.2, -0.15) is 10.1 Å². The number of sulfonamides is 1. The average molecular weight is 289 g/mol. The third-order valence-electron chi connectivity index (χ3n) is 2.28. The van der Waals surface area contributed by atoms with E-state index in [0.29, 0.717) is 12.1 Å². The van der Waals surface area contributed by atoms with Gasteiger partial charge in [0.05, 0.1) is 5.69 Å². The van der Waals surface area contributed by atoms with Crippen molar-refractivity contribution in [3.8, 4) is 0 Å². The Morgan fingerprint density at radius 1 is 1.32 bits per heavy atom. The maximum atomic E-state index is 13.5. The molecule has 7 nitrogen and oxygen atoms in total. The molecule has 2 aromatic rings. The quantitative estimate of drug-likeness (QED) is 0.800. The van der Waals surface area contributed by atoms with Gasteiger partial charge in [0.1, 0.15) is 22.9 Å². The monoisotopic (exact) mass is 289 g/mol. The first-order valence-electron chi connectivity index (χ1n) is 4.92. The molecule has 1 aromatic heterocycles. The van der Waals surface area contributed by atoms with Crippen molar-refractivity contribution in [1.82, 2.24) is 14.8 Å². The number of nitrogens with two attached hydrogens (primary N) is 1. The largest absolute Gasteiger partial charge is 0.396 e. The number of rotatable bonds is 3. The normalized spacial score (nSPS) is 11.5. The zero-order chi connectivity index (χ0) is 14.2. The Kier molecular flexibility index (Phi) is 3.10. The lowest BCUT2D eigenvalue weighted by molar-refractivity contribution is 0.552. The van der Waals surface area contributed by atoms with Crippen LogP contribution in [0.4, 0.5) is 20.4 Å². The number of nitrogens with zero attached hydrogens (tertiary/aromatic N) is 3. The van der Waals surface area contributed by atoms with E-state index in [1.807, 2.05) is 4.72 Å². The van der Waals surface area contributed by atoms with Gasteiger partial charge in [-0.25, -0.2) is 26.6 Å². The van der Waals surface area contributed by atoms with Gasteiger partial charge in [0.25, 0.3) is 10.0 Å². The van der Waals surface area contributed by atoms with Gasteiger partial charge in [-0.15, -0.1) is 0 Å². The van der Waals surface area contributed by atoms with Crippen LogP contribution in [0.2, 0.25) is 0 Å². The molecule has 1 heterocycles. The molecule has 0 aliphatic carbocycles. The summed E-state index contributed by atoms with van der Waals surface area (Å²) in [6.45, 7) is 0. The van der Waals surface area contributed by atoms with E-state index < -0.39 is 32.2 Å². The molecule has 0 aliphatic heterocycles. The van der Waals surface area contributed by atoms with E-state index in [1.54, 1.807) is 0 Å². The molecule has 0 fully saturated rings. The molecule has 1 aromatic carbocycles. The van der Waals surface area contributed by atoms with Gasteiger partial charge in [0, 0.05) is 13.1 Å². The van der Waals surface area contributed by atoms with Crippen LogP contribution < -0.4 is 10.5 Å². The minimum absolute atomic E-state index is 0.109. The number of nitrogens with one attached hydrogen (secondary N) is 1. The summed E-state index contributed by atoms with van der Waals surface area (Å²) in [5, 5.41) is 3.65. The number of hydrogen-bond donors (Lipinski definition) is 2. The summed E-state index contributed by atoms with van der Waals surface area (Å²) >= 11 is 0. The van der Waals surface area contributed by atoms with Crippen molar-refractivity contribution in [3.05, 3.63) is 30.1 Å². The third kappa shape index (κ3) is 2.47. The van der Waals surface area contributed by atoms with E-state index in [-0.39, 0.29) is 5.95 Å². The second-order valence-corrected chi connectivity index (χ2v) is 5.27. The predicted octanol–water partition coefficient (Wildman–Crippen LogP) is 0.476. The second-order valence-electron chi connectivity index (χ2n) is 3.62. The number of aromatic nitrogens is 3. The molecule has 0 saturated carbocycles. The maximum Gasteiger partial charge on any atom is 0.267 e. The summed E-state index contributed by atoms with van der Waals surface area (Å²) in [5.74, 6) is -2.39. The SMILES string of the molecule is Cn1ncnc1NS(=O)(=O)c1cc(N)c(F)cc1F. The van der Waals surface area contributed by atoms with Crippen LogP contribution >= 0.6 is 0 Å². The van der Waals surface area contributed by atoms with Crippen LogP contribution in [-0.2, 0) is 17.1 Å². The van der Waals surface area contributed by atoms with Crippen LogP contribution in [0.3, 0.4) is 0 Å². The highest BCUT2D eigenvalue weighted by Crippen LogP contribution is 2.22. The van der Waals surface area contributed by atoms with Gasteiger partial charge in [-0.3, -0.25) is 0 Å². The minimum atomic E-state index is -4.27. The smallest absolute Gasteiger partial charge is 0.267 e. The van der Waals surface area contributed by atoms with Crippen molar-refractivity contribution < 1.29 is 17.2 Å². The average Bonchev–Trinajstić information content (AvgIpc) is 2.69. The lowest BCUT2D eigenvalue weighted by Crippen LogP contribution is -2.18. The minimum Gasteiger partial charge on any atom is -0.396 e. The molecule has 0 amide bonds. The van der Waals surface area contributed by atoms with Crippen LogP contribution in [0.15, 0.2) is 23.4 Å². The first kappa shape index (κ1) is 13.2. The van der Waals surface area contributed by atoms with Crippen LogP contribution in [0.5, 0.6) is 0 Å². The van der Waals surface area contributed by atoms with Crippen molar-refractivity contribution in [3.63, 3.8) is 0 Å². The van der Waals surface area contributed by atoms with E-state index in [4.69, 9.17) is 5.73 Å². The molecular formula is C9H9F2N5O2S. The zero-order valence-electron chi connectivity index (χ0n) is 9.63. The Balaban J connectivity index is 2.46. The number of hydrogen-bond acceptors (Lipinski definition) is 5. The predicted molar refractivity (Wildman–Crippen MR) is 62.6 cm³/mol. The van der Waals surface area contributed by atoms with Gasteiger partial charge in [-0.05, 0) is 6.07 Å². The Hall–Kier alpha value is -2.23. The highest BCUT2D eigenvalue weighted by molar-refractivity contribution is 7.92. The number of halogens is 2. The summed E-state index contributed by atoms with van der Waals surface area (Å²) in [5.41, 5.74) is 4.75. The molecule has 0 aliphatic rings. The molecule has 102 valence electrons. The standard InChI is InChI=1S/C9H9F2N5O2S/c1-16-9(13-4-14-16)15-19(17,18)8-3-7(12)5(10)2-6(8)11/h2-4H,12H2,1H3,(H,13,14,15). The van der Waals surface area contributed by atoms with Crippen molar-refractivity contribution in [2.45, 2.75) is 4.90 Å². The van der Waals surface area contributed by atoms with Crippen LogP contribution in [0, 0.1) is 11.6 Å². The van der Waals surface area contributed by atoms with Crippen LogP contribution in [0.25, 0.3) is 0 Å². The van der Waals surface area contributed by atoms with Gasteiger partial charge in [-0.1, -0.05) is 0 Å². The van der Waals surface area contributed by atoms with E-state index in [2.05, 4.69) is 10.1 Å². The highest BCUT2D eigenvalue weighted by Gasteiger charge is 2.22. The Morgan fingerprint density at radius 3 is 2.58 bits per heavy atom. The van der Waals surface area contributed by atoms with Gasteiger partial charge >= 0.3 is 0 Å². The molecule has 0 radical (unpaired) electrons. The lowest BCUT2D eigenvalue weighted by Gasteiger charge is -2.08. The molecule has 0 saturated heterocycles. The van der Waals surface area contributed by atoms with Crippen molar-refractivity contribution in [1.29, 1.82) is 0 Å². The molecule has 0 bridgehead atoms. The zero-order valence-corrected chi connectivity index (χ0v) is 10.4. The summed E-state index contributed by atoms with van der Waals surface area (Å²) in [6, 6.07) is 1.10. The molecule has 19 heavy (non-hydrogen) atoms. The summed E-state index contributed by atoms with van der Waals surface area (Å²) in [4.78, 5) is 2.86. The third-order valence-corrected chi connectivity index (χ3v) is 3.62. The van der Waals surface area contributed by atoms with E-state index >= 15 is 0 Å². The van der Waals surface area contributed by atoms with Gasteiger partial charge in [0.15, 0.2) is 0 Å². The Morgan fingerprint density at radius 2 is 2.00 bits per heavy atom. The van der Waals surface area contributed by atoms with Gasteiger partial charge < -0.3 is 5.73 Å². The molecule has 3 N–H and O–H groups in total. The van der Waals surface area contributed by atoms with Crippen molar-refractivity contribution in [2.24, 2.45) is 7.05 Å². The first-order valence-corrected chi connectivity index (χ1v) is 6.41. The number of anilines is 2. The van der Waals surface area contributed by atoms with Crippen LogP contribution in [0.1, 0.15) is 0 Å².